The molecule has 0 saturated carbocycles. The Kier molecular flexibility index (Phi) is 3.30. The van der Waals surface area contributed by atoms with Crippen molar-refractivity contribution in [1.82, 2.24) is 20.2 Å². The summed E-state index contributed by atoms with van der Waals surface area (Å²) in [4.78, 5) is 10.8. The van der Waals surface area contributed by atoms with Crippen LogP contribution in [0, 0.1) is 0 Å². The second-order valence-electron chi connectivity index (χ2n) is 4.26. The minimum atomic E-state index is -0.962. The van der Waals surface area contributed by atoms with Gasteiger partial charge in [-0.2, -0.15) is 4.68 Å². The Labute approximate surface area is 119 Å². The van der Waals surface area contributed by atoms with Crippen LogP contribution in [0.3, 0.4) is 0 Å². The summed E-state index contributed by atoms with van der Waals surface area (Å²) in [6.45, 7) is 0. The maximum atomic E-state index is 10.8. The van der Waals surface area contributed by atoms with Crippen LogP contribution in [-0.4, -0.2) is 31.3 Å². The molecule has 0 aliphatic carbocycles. The smallest absolute Gasteiger partial charge is 0.335 e. The number of hydrogen-bond donors (Lipinski definition) is 2. The quantitative estimate of drug-likeness (QED) is 0.760. The Morgan fingerprint density at radius 3 is 2.43 bits per heavy atom. The van der Waals surface area contributed by atoms with Crippen molar-refractivity contribution in [2.24, 2.45) is 0 Å². The van der Waals surface area contributed by atoms with Gasteiger partial charge in [0.1, 0.15) is 0 Å². The van der Waals surface area contributed by atoms with E-state index in [0.717, 1.165) is 5.69 Å². The van der Waals surface area contributed by atoms with Crippen LogP contribution in [0.2, 0.25) is 0 Å². The minimum Gasteiger partial charge on any atom is -0.478 e. The molecule has 3 aromatic rings. The molecule has 0 unspecified atom stereocenters. The lowest BCUT2D eigenvalue weighted by Crippen LogP contribution is -2.03. The summed E-state index contributed by atoms with van der Waals surface area (Å²) in [6.07, 6.45) is 0. The summed E-state index contributed by atoms with van der Waals surface area (Å²) >= 11 is 0. The monoisotopic (exact) mass is 281 g/mol. The molecule has 0 radical (unpaired) electrons. The molecule has 1 aromatic heterocycles. The first-order valence-corrected chi connectivity index (χ1v) is 6.18. The minimum absolute atomic E-state index is 0.225. The molecular weight excluding hydrogens is 270 g/mol. The third-order valence-corrected chi connectivity index (χ3v) is 2.86. The van der Waals surface area contributed by atoms with E-state index in [9.17, 15) is 4.79 Å². The molecule has 0 atom stereocenters. The average Bonchev–Trinajstić information content (AvgIpc) is 2.97. The van der Waals surface area contributed by atoms with E-state index in [1.54, 1.807) is 16.8 Å². The molecule has 0 aliphatic heterocycles. The van der Waals surface area contributed by atoms with Crippen molar-refractivity contribution in [2.75, 3.05) is 5.32 Å². The maximum Gasteiger partial charge on any atom is 0.335 e. The topological polar surface area (TPSA) is 92.9 Å². The Morgan fingerprint density at radius 2 is 1.76 bits per heavy atom. The highest BCUT2D eigenvalue weighted by molar-refractivity contribution is 5.88. The molecule has 1 heterocycles. The molecule has 0 saturated heterocycles. The van der Waals surface area contributed by atoms with Crippen LogP contribution in [0.1, 0.15) is 10.4 Å². The first kappa shape index (κ1) is 12.8. The molecule has 0 bridgehead atoms. The largest absolute Gasteiger partial charge is 0.478 e. The Bertz CT molecular complexity index is 753. The number of para-hydroxylation sites is 1. The zero-order valence-corrected chi connectivity index (χ0v) is 10.8. The van der Waals surface area contributed by atoms with E-state index in [1.165, 1.54) is 12.1 Å². The van der Waals surface area contributed by atoms with E-state index in [4.69, 9.17) is 5.11 Å². The van der Waals surface area contributed by atoms with Gasteiger partial charge in [0, 0.05) is 5.69 Å². The number of tetrazole rings is 1. The predicted molar refractivity (Wildman–Crippen MR) is 75.8 cm³/mol. The second-order valence-corrected chi connectivity index (χ2v) is 4.26. The SMILES string of the molecule is O=C(O)c1ccc(Nc2nnnn2-c2ccccc2)cc1. The number of rotatable bonds is 4. The number of nitrogens with zero attached hydrogens (tertiary/aromatic N) is 4. The van der Waals surface area contributed by atoms with E-state index in [0.29, 0.717) is 11.6 Å². The lowest BCUT2D eigenvalue weighted by Gasteiger charge is -2.07. The van der Waals surface area contributed by atoms with Gasteiger partial charge in [-0.25, -0.2) is 4.79 Å². The molecule has 104 valence electrons. The number of benzene rings is 2. The third-order valence-electron chi connectivity index (χ3n) is 2.86. The molecular formula is C14H11N5O2. The van der Waals surface area contributed by atoms with Crippen LogP contribution in [0.25, 0.3) is 5.69 Å². The van der Waals surface area contributed by atoms with E-state index < -0.39 is 5.97 Å². The number of hydrogen-bond acceptors (Lipinski definition) is 5. The number of carboxylic acids is 1. The highest BCUT2D eigenvalue weighted by atomic mass is 16.4. The standard InChI is InChI=1S/C14H11N5O2/c20-13(21)10-6-8-11(9-7-10)15-14-16-17-18-19(14)12-4-2-1-3-5-12/h1-9H,(H,20,21)(H,15,16,18). The van der Waals surface area contributed by atoms with Crippen molar-refractivity contribution in [2.45, 2.75) is 0 Å². The van der Waals surface area contributed by atoms with Crippen molar-refractivity contribution < 1.29 is 9.90 Å². The Morgan fingerprint density at radius 1 is 1.05 bits per heavy atom. The third kappa shape index (κ3) is 2.71. The van der Waals surface area contributed by atoms with Gasteiger partial charge in [0.05, 0.1) is 11.3 Å². The van der Waals surface area contributed by atoms with Crippen molar-refractivity contribution in [3.63, 3.8) is 0 Å². The summed E-state index contributed by atoms with van der Waals surface area (Å²) in [5.74, 6) is -0.514. The fourth-order valence-corrected chi connectivity index (χ4v) is 1.83. The zero-order chi connectivity index (χ0) is 14.7. The van der Waals surface area contributed by atoms with Crippen LogP contribution in [0.15, 0.2) is 54.6 Å². The molecule has 2 aromatic carbocycles. The lowest BCUT2D eigenvalue weighted by molar-refractivity contribution is 0.0697. The molecule has 0 spiro atoms. The Hall–Kier alpha value is -3.22. The van der Waals surface area contributed by atoms with E-state index in [-0.39, 0.29) is 5.56 Å². The van der Waals surface area contributed by atoms with Crippen molar-refractivity contribution in [1.29, 1.82) is 0 Å². The highest BCUT2D eigenvalue weighted by Crippen LogP contribution is 2.17. The van der Waals surface area contributed by atoms with Crippen molar-refractivity contribution >= 4 is 17.6 Å². The van der Waals surface area contributed by atoms with Gasteiger partial charge in [0.2, 0.25) is 0 Å². The molecule has 0 amide bonds. The molecule has 0 aliphatic rings. The van der Waals surface area contributed by atoms with Gasteiger partial charge < -0.3 is 10.4 Å². The summed E-state index contributed by atoms with van der Waals surface area (Å²) < 4.78 is 1.56. The average molecular weight is 281 g/mol. The predicted octanol–water partition coefficient (Wildman–Crippen LogP) is 2.10. The van der Waals surface area contributed by atoms with Crippen LogP contribution in [0.4, 0.5) is 11.6 Å². The molecule has 2 N–H and O–H groups in total. The van der Waals surface area contributed by atoms with Crippen molar-refractivity contribution in [3.05, 3.63) is 60.2 Å². The number of anilines is 2. The van der Waals surface area contributed by atoms with Gasteiger partial charge >= 0.3 is 5.97 Å². The highest BCUT2D eigenvalue weighted by Gasteiger charge is 2.08. The summed E-state index contributed by atoms with van der Waals surface area (Å²) in [6, 6.07) is 15.8. The summed E-state index contributed by atoms with van der Waals surface area (Å²) in [7, 11) is 0. The fraction of sp³-hybridized carbons (Fsp3) is 0. The molecule has 21 heavy (non-hydrogen) atoms. The van der Waals surface area contributed by atoms with Crippen LogP contribution < -0.4 is 5.32 Å². The van der Waals surface area contributed by atoms with E-state index >= 15 is 0 Å². The first-order chi connectivity index (χ1) is 10.2. The van der Waals surface area contributed by atoms with Gasteiger partial charge in [-0.05, 0) is 46.8 Å². The number of aromatic nitrogens is 4. The molecule has 7 nitrogen and oxygen atoms in total. The van der Waals surface area contributed by atoms with Gasteiger partial charge in [0.25, 0.3) is 5.95 Å². The van der Waals surface area contributed by atoms with Crippen LogP contribution >= 0.6 is 0 Å². The fourth-order valence-electron chi connectivity index (χ4n) is 1.83. The normalized spacial score (nSPS) is 10.3. The summed E-state index contributed by atoms with van der Waals surface area (Å²) in [5.41, 5.74) is 1.75. The first-order valence-electron chi connectivity index (χ1n) is 6.18. The van der Waals surface area contributed by atoms with Crippen molar-refractivity contribution in [3.8, 4) is 5.69 Å². The summed E-state index contributed by atoms with van der Waals surface area (Å²) in [5, 5.41) is 23.4. The van der Waals surface area contributed by atoms with Crippen LogP contribution in [-0.2, 0) is 0 Å². The lowest BCUT2D eigenvalue weighted by atomic mass is 10.2. The molecule has 0 fully saturated rings. The van der Waals surface area contributed by atoms with E-state index in [2.05, 4.69) is 20.8 Å². The number of carboxylic acid groups (broad SMARTS) is 1. The molecule has 3 rings (SSSR count). The number of nitrogens with one attached hydrogen (secondary N) is 1. The van der Waals surface area contributed by atoms with Gasteiger partial charge in [0.15, 0.2) is 0 Å². The van der Waals surface area contributed by atoms with Crippen LogP contribution in [0.5, 0.6) is 0 Å². The second kappa shape index (κ2) is 5.41. The zero-order valence-electron chi connectivity index (χ0n) is 10.8. The Balaban J connectivity index is 1.86. The number of aromatic carboxylic acids is 1. The van der Waals surface area contributed by atoms with Gasteiger partial charge in [-0.3, -0.25) is 0 Å². The van der Waals surface area contributed by atoms with Gasteiger partial charge in [-0.15, -0.1) is 0 Å². The maximum absolute atomic E-state index is 10.8. The molecule has 7 heteroatoms. The number of carbonyl (C=O) groups is 1. The van der Waals surface area contributed by atoms with E-state index in [1.807, 2.05) is 30.3 Å². The van der Waals surface area contributed by atoms with Gasteiger partial charge in [-0.1, -0.05) is 23.3 Å².